The van der Waals surface area contributed by atoms with Crippen molar-refractivity contribution in [2.24, 2.45) is 0 Å². The van der Waals surface area contributed by atoms with Gasteiger partial charge in [0.05, 0.1) is 0 Å². The van der Waals surface area contributed by atoms with E-state index in [1.54, 1.807) is 13.0 Å². The van der Waals surface area contributed by atoms with E-state index < -0.39 is 5.97 Å². The molecule has 0 fully saturated rings. The smallest absolute Gasteiger partial charge is 0.328 e. The Morgan fingerprint density at radius 1 is 1.00 bits per heavy atom. The van der Waals surface area contributed by atoms with Gasteiger partial charge in [0.2, 0.25) is 0 Å². The van der Waals surface area contributed by atoms with Crippen molar-refractivity contribution < 1.29 is 9.90 Å². The second-order valence-electron chi connectivity index (χ2n) is 5.90. The van der Waals surface area contributed by atoms with Crippen molar-refractivity contribution in [2.75, 3.05) is 0 Å². The summed E-state index contributed by atoms with van der Waals surface area (Å²) in [6.45, 7) is 8.10. The summed E-state index contributed by atoms with van der Waals surface area (Å²) < 4.78 is 0. The first-order valence-electron chi connectivity index (χ1n) is 7.65. The van der Waals surface area contributed by atoms with Crippen LogP contribution in [-0.2, 0) is 4.79 Å². The minimum absolute atomic E-state index is 0.714. The maximum absolute atomic E-state index is 10.6. The van der Waals surface area contributed by atoms with Gasteiger partial charge in [-0.15, -0.1) is 0 Å². The van der Waals surface area contributed by atoms with Crippen molar-refractivity contribution in [1.29, 1.82) is 0 Å². The van der Waals surface area contributed by atoms with Gasteiger partial charge in [0.25, 0.3) is 0 Å². The zero-order chi connectivity index (χ0) is 17.0. The highest BCUT2D eigenvalue weighted by atomic mass is 16.4. The van der Waals surface area contributed by atoms with E-state index in [0.29, 0.717) is 5.57 Å². The standard InChI is InChI=1S/C21H22O2/c1-14(12-21(22)23)6-5-7-15(2)18-10-11-19-16(3)8-9-17(4)20(19)13-18/h5-13H,1-4H3,(H,22,23)/b6-5+,14-12+,15-7+. The molecule has 0 aliphatic heterocycles. The van der Waals surface area contributed by atoms with Gasteiger partial charge in [0.15, 0.2) is 0 Å². The van der Waals surface area contributed by atoms with Gasteiger partial charge in [-0.25, -0.2) is 4.79 Å². The van der Waals surface area contributed by atoms with E-state index in [9.17, 15) is 4.79 Å². The van der Waals surface area contributed by atoms with Crippen molar-refractivity contribution in [3.8, 4) is 0 Å². The second-order valence-corrected chi connectivity index (χ2v) is 5.90. The molecule has 0 unspecified atom stereocenters. The van der Waals surface area contributed by atoms with Crippen LogP contribution in [0.25, 0.3) is 16.3 Å². The van der Waals surface area contributed by atoms with E-state index in [4.69, 9.17) is 5.11 Å². The fourth-order valence-electron chi connectivity index (χ4n) is 2.57. The van der Waals surface area contributed by atoms with E-state index in [2.05, 4.69) is 51.1 Å². The van der Waals surface area contributed by atoms with Crippen LogP contribution in [0.5, 0.6) is 0 Å². The van der Waals surface area contributed by atoms with Crippen molar-refractivity contribution in [3.05, 3.63) is 76.9 Å². The molecule has 1 N–H and O–H groups in total. The number of aryl methyl sites for hydroxylation is 2. The summed E-state index contributed by atoms with van der Waals surface area (Å²) in [7, 11) is 0. The second kappa shape index (κ2) is 7.10. The molecule has 2 aromatic rings. The summed E-state index contributed by atoms with van der Waals surface area (Å²) in [6, 6.07) is 10.8. The molecule has 2 heteroatoms. The van der Waals surface area contributed by atoms with Crippen molar-refractivity contribution in [2.45, 2.75) is 27.7 Å². The number of hydrogen-bond acceptors (Lipinski definition) is 1. The Kier molecular flexibility index (Phi) is 5.17. The lowest BCUT2D eigenvalue weighted by atomic mass is 9.96. The van der Waals surface area contributed by atoms with Gasteiger partial charge in [-0.2, -0.15) is 0 Å². The molecule has 0 heterocycles. The normalized spacial score (nSPS) is 13.0. The molecule has 0 amide bonds. The molecular formula is C21H22O2. The number of aliphatic carboxylic acids is 1. The number of rotatable bonds is 4. The molecule has 0 bridgehead atoms. The van der Waals surface area contributed by atoms with Gasteiger partial charge >= 0.3 is 5.97 Å². The van der Waals surface area contributed by atoms with Crippen molar-refractivity contribution in [1.82, 2.24) is 0 Å². The number of carboxylic acid groups (broad SMARTS) is 1. The lowest BCUT2D eigenvalue weighted by Gasteiger charge is -2.08. The minimum atomic E-state index is -0.923. The number of carbonyl (C=O) groups is 1. The molecule has 0 aliphatic rings. The number of benzene rings is 2. The molecule has 2 nitrogen and oxygen atoms in total. The summed E-state index contributed by atoms with van der Waals surface area (Å²) in [5.41, 5.74) is 5.60. The third-order valence-corrected chi connectivity index (χ3v) is 3.96. The molecular weight excluding hydrogens is 284 g/mol. The van der Waals surface area contributed by atoms with E-state index in [1.165, 1.54) is 33.5 Å². The highest BCUT2D eigenvalue weighted by Gasteiger charge is 2.03. The van der Waals surface area contributed by atoms with Crippen LogP contribution in [0.2, 0.25) is 0 Å². The zero-order valence-corrected chi connectivity index (χ0v) is 14.1. The third-order valence-electron chi connectivity index (χ3n) is 3.96. The number of hydrogen-bond donors (Lipinski definition) is 1. The molecule has 2 aromatic carbocycles. The Bertz CT molecular complexity index is 836. The van der Waals surface area contributed by atoms with Crippen LogP contribution >= 0.6 is 0 Å². The summed E-state index contributed by atoms with van der Waals surface area (Å²) in [6.07, 6.45) is 6.89. The van der Waals surface area contributed by atoms with Crippen molar-refractivity contribution in [3.63, 3.8) is 0 Å². The first-order valence-corrected chi connectivity index (χ1v) is 7.65. The summed E-state index contributed by atoms with van der Waals surface area (Å²) in [5, 5.41) is 11.3. The molecule has 23 heavy (non-hydrogen) atoms. The lowest BCUT2D eigenvalue weighted by Crippen LogP contribution is -1.87. The molecule has 0 radical (unpaired) electrons. The molecule has 0 aromatic heterocycles. The van der Waals surface area contributed by atoms with Crippen LogP contribution in [0.4, 0.5) is 0 Å². The minimum Gasteiger partial charge on any atom is -0.478 e. The quantitative estimate of drug-likeness (QED) is 0.602. The Morgan fingerprint density at radius 3 is 2.30 bits per heavy atom. The van der Waals surface area contributed by atoms with Gasteiger partial charge in [-0.3, -0.25) is 0 Å². The predicted molar refractivity (Wildman–Crippen MR) is 97.6 cm³/mol. The highest BCUT2D eigenvalue weighted by Crippen LogP contribution is 2.26. The zero-order valence-electron chi connectivity index (χ0n) is 14.1. The van der Waals surface area contributed by atoms with Crippen molar-refractivity contribution >= 4 is 22.3 Å². The fraction of sp³-hybridized carbons (Fsp3) is 0.190. The lowest BCUT2D eigenvalue weighted by molar-refractivity contribution is -0.131. The summed E-state index contributed by atoms with van der Waals surface area (Å²) in [5.74, 6) is -0.923. The van der Waals surface area contributed by atoms with Crippen LogP contribution in [0, 0.1) is 13.8 Å². The van der Waals surface area contributed by atoms with Crippen LogP contribution < -0.4 is 0 Å². The van der Waals surface area contributed by atoms with Gasteiger partial charge in [-0.1, -0.05) is 42.5 Å². The Morgan fingerprint density at radius 2 is 1.65 bits per heavy atom. The molecule has 0 spiro atoms. The number of allylic oxidation sites excluding steroid dienone is 5. The summed E-state index contributed by atoms with van der Waals surface area (Å²) in [4.78, 5) is 10.6. The van der Waals surface area contributed by atoms with Gasteiger partial charge in [-0.05, 0) is 72.4 Å². The van der Waals surface area contributed by atoms with Crippen LogP contribution in [-0.4, -0.2) is 11.1 Å². The van der Waals surface area contributed by atoms with Gasteiger partial charge in [0.1, 0.15) is 0 Å². The number of carboxylic acids is 1. The first-order chi connectivity index (χ1) is 10.9. The highest BCUT2D eigenvalue weighted by molar-refractivity contribution is 5.91. The van der Waals surface area contributed by atoms with Gasteiger partial charge in [0, 0.05) is 6.08 Å². The first kappa shape index (κ1) is 16.8. The van der Waals surface area contributed by atoms with Crippen LogP contribution in [0.3, 0.4) is 0 Å². The van der Waals surface area contributed by atoms with Crippen LogP contribution in [0.1, 0.15) is 30.5 Å². The largest absolute Gasteiger partial charge is 0.478 e. The van der Waals surface area contributed by atoms with E-state index in [0.717, 1.165) is 5.57 Å². The molecule has 0 saturated carbocycles. The van der Waals surface area contributed by atoms with E-state index in [-0.39, 0.29) is 0 Å². The molecule has 0 aliphatic carbocycles. The topological polar surface area (TPSA) is 37.3 Å². The average Bonchev–Trinajstić information content (AvgIpc) is 2.50. The van der Waals surface area contributed by atoms with E-state index in [1.807, 2.05) is 12.2 Å². The fourth-order valence-corrected chi connectivity index (χ4v) is 2.57. The Balaban J connectivity index is 2.33. The number of fused-ring (bicyclic) bond motifs is 1. The predicted octanol–water partition coefficient (Wildman–Crippen LogP) is 5.45. The van der Waals surface area contributed by atoms with E-state index >= 15 is 0 Å². The average molecular weight is 306 g/mol. The monoisotopic (exact) mass is 306 g/mol. The van der Waals surface area contributed by atoms with Crippen LogP contribution in [0.15, 0.2) is 60.2 Å². The maximum atomic E-state index is 10.6. The van der Waals surface area contributed by atoms with Gasteiger partial charge < -0.3 is 5.11 Å². The molecule has 2 rings (SSSR count). The molecule has 0 saturated heterocycles. The molecule has 118 valence electrons. The maximum Gasteiger partial charge on any atom is 0.328 e. The Hall–Kier alpha value is -2.61. The Labute approximate surface area is 137 Å². The SMILES string of the molecule is CC(/C=C/C=C(\C)c1ccc2c(C)ccc(C)c2c1)=C\C(=O)O. The third kappa shape index (κ3) is 4.19. The molecule has 0 atom stereocenters. The summed E-state index contributed by atoms with van der Waals surface area (Å²) >= 11 is 0.